The Morgan fingerprint density at radius 1 is 1.23 bits per heavy atom. The van der Waals surface area contributed by atoms with Crippen molar-refractivity contribution in [2.75, 3.05) is 6.54 Å². The summed E-state index contributed by atoms with van der Waals surface area (Å²) in [5.74, 6) is 0.829. The maximum atomic E-state index is 11.7. The van der Waals surface area contributed by atoms with Crippen LogP contribution in [0, 0.1) is 11.3 Å². The van der Waals surface area contributed by atoms with Gasteiger partial charge in [-0.3, -0.25) is 0 Å². The Hall–Kier alpha value is -1.55. The van der Waals surface area contributed by atoms with Crippen LogP contribution in [0.25, 0.3) is 0 Å². The summed E-state index contributed by atoms with van der Waals surface area (Å²) in [4.78, 5) is 11.7. The summed E-state index contributed by atoms with van der Waals surface area (Å²) in [6.45, 7) is 6.10. The van der Waals surface area contributed by atoms with E-state index in [0.29, 0.717) is 18.1 Å². The maximum absolute atomic E-state index is 11.7. The quantitative estimate of drug-likeness (QED) is 0.849. The molecule has 0 aromatic heterocycles. The monoisotopic (exact) mass is 302 g/mol. The van der Waals surface area contributed by atoms with E-state index < -0.39 is 0 Å². The van der Waals surface area contributed by atoms with Crippen molar-refractivity contribution in [1.82, 2.24) is 10.6 Å². The SMILES string of the molecule is CC1(C)CC1CNC1CC(NC(=O)OCc2ccccc2)C1. The fraction of sp³-hybridized carbons (Fsp3) is 0.611. The van der Waals surface area contributed by atoms with Crippen LogP contribution in [0.4, 0.5) is 4.79 Å². The van der Waals surface area contributed by atoms with E-state index in [1.54, 1.807) is 0 Å². The molecule has 2 saturated carbocycles. The van der Waals surface area contributed by atoms with Crippen molar-refractivity contribution >= 4 is 6.09 Å². The summed E-state index contributed by atoms with van der Waals surface area (Å²) in [7, 11) is 0. The maximum Gasteiger partial charge on any atom is 0.407 e. The Bertz CT molecular complexity index is 509. The Labute approximate surface area is 132 Å². The van der Waals surface area contributed by atoms with Gasteiger partial charge in [0.1, 0.15) is 6.61 Å². The van der Waals surface area contributed by atoms with Crippen molar-refractivity contribution in [3.8, 4) is 0 Å². The molecule has 3 rings (SSSR count). The van der Waals surface area contributed by atoms with Crippen LogP contribution in [0.1, 0.15) is 38.7 Å². The summed E-state index contributed by atoms with van der Waals surface area (Å²) in [5.41, 5.74) is 1.55. The molecule has 2 aliphatic carbocycles. The highest BCUT2D eigenvalue weighted by molar-refractivity contribution is 5.67. The molecule has 120 valence electrons. The number of nitrogens with one attached hydrogen (secondary N) is 2. The topological polar surface area (TPSA) is 50.4 Å². The number of alkyl carbamates (subject to hydrolysis) is 1. The second kappa shape index (κ2) is 6.29. The van der Waals surface area contributed by atoms with E-state index in [2.05, 4.69) is 24.5 Å². The predicted molar refractivity (Wildman–Crippen MR) is 86.5 cm³/mol. The highest BCUT2D eigenvalue weighted by Gasteiger charge is 2.45. The van der Waals surface area contributed by atoms with Gasteiger partial charge in [-0.15, -0.1) is 0 Å². The van der Waals surface area contributed by atoms with Gasteiger partial charge in [-0.25, -0.2) is 4.79 Å². The van der Waals surface area contributed by atoms with Gasteiger partial charge in [0.2, 0.25) is 0 Å². The minimum Gasteiger partial charge on any atom is -0.445 e. The average molecular weight is 302 g/mol. The molecule has 4 heteroatoms. The Kier molecular flexibility index (Phi) is 4.39. The number of hydrogen-bond acceptors (Lipinski definition) is 3. The molecule has 2 fully saturated rings. The molecule has 1 aromatic rings. The minimum atomic E-state index is -0.310. The van der Waals surface area contributed by atoms with Crippen molar-refractivity contribution in [2.24, 2.45) is 11.3 Å². The van der Waals surface area contributed by atoms with Crippen LogP contribution in [0.5, 0.6) is 0 Å². The number of benzene rings is 1. The molecule has 1 amide bonds. The Morgan fingerprint density at radius 2 is 1.91 bits per heavy atom. The zero-order valence-electron chi connectivity index (χ0n) is 13.5. The molecule has 0 spiro atoms. The number of rotatable bonds is 6. The van der Waals surface area contributed by atoms with Crippen LogP contribution >= 0.6 is 0 Å². The van der Waals surface area contributed by atoms with Crippen molar-refractivity contribution in [3.63, 3.8) is 0 Å². The van der Waals surface area contributed by atoms with Crippen molar-refractivity contribution in [1.29, 1.82) is 0 Å². The smallest absolute Gasteiger partial charge is 0.407 e. The molecule has 0 heterocycles. The highest BCUT2D eigenvalue weighted by atomic mass is 16.5. The molecular formula is C18H26N2O2. The number of ether oxygens (including phenoxy) is 1. The lowest BCUT2D eigenvalue weighted by Gasteiger charge is -2.36. The van der Waals surface area contributed by atoms with Gasteiger partial charge in [0, 0.05) is 12.1 Å². The van der Waals surface area contributed by atoms with E-state index in [4.69, 9.17) is 4.74 Å². The van der Waals surface area contributed by atoms with Gasteiger partial charge < -0.3 is 15.4 Å². The number of hydrogen-bond donors (Lipinski definition) is 2. The summed E-state index contributed by atoms with van der Waals surface area (Å²) in [6.07, 6.45) is 3.04. The largest absolute Gasteiger partial charge is 0.445 e. The lowest BCUT2D eigenvalue weighted by molar-refractivity contribution is 0.125. The normalized spacial score (nSPS) is 28.5. The first-order valence-corrected chi connectivity index (χ1v) is 8.23. The molecule has 2 N–H and O–H groups in total. The number of carbonyl (C=O) groups is 1. The zero-order valence-corrected chi connectivity index (χ0v) is 13.5. The standard InChI is InChI=1S/C18H26N2O2/c1-18(2)10-14(18)11-19-15-8-16(9-15)20-17(21)22-12-13-6-4-3-5-7-13/h3-7,14-16,19H,8-12H2,1-2H3,(H,20,21). The Balaban J connectivity index is 1.27. The van der Waals surface area contributed by atoms with E-state index in [-0.39, 0.29) is 12.1 Å². The van der Waals surface area contributed by atoms with Crippen molar-refractivity contribution in [2.45, 2.75) is 51.8 Å². The molecule has 2 aliphatic rings. The summed E-state index contributed by atoms with van der Waals surface area (Å²) >= 11 is 0. The molecular weight excluding hydrogens is 276 g/mol. The lowest BCUT2D eigenvalue weighted by Crippen LogP contribution is -2.52. The molecule has 0 aliphatic heterocycles. The third kappa shape index (κ3) is 4.01. The van der Waals surface area contributed by atoms with Gasteiger partial charge >= 0.3 is 6.09 Å². The third-order valence-electron chi connectivity index (χ3n) is 5.04. The van der Waals surface area contributed by atoms with Gasteiger partial charge in [0.15, 0.2) is 0 Å². The summed E-state index contributed by atoms with van der Waals surface area (Å²) in [6, 6.07) is 10.6. The molecule has 1 aromatic carbocycles. The van der Waals surface area contributed by atoms with Crippen LogP contribution in [0.3, 0.4) is 0 Å². The first-order chi connectivity index (χ1) is 10.5. The van der Waals surface area contributed by atoms with Gasteiger partial charge in [0.25, 0.3) is 0 Å². The third-order valence-corrected chi connectivity index (χ3v) is 5.04. The molecule has 0 saturated heterocycles. The van der Waals surface area contributed by atoms with E-state index in [0.717, 1.165) is 30.9 Å². The lowest BCUT2D eigenvalue weighted by atomic mass is 9.86. The fourth-order valence-electron chi connectivity index (χ4n) is 3.07. The minimum absolute atomic E-state index is 0.257. The van der Waals surface area contributed by atoms with Crippen molar-refractivity contribution < 1.29 is 9.53 Å². The molecule has 1 atom stereocenters. The average Bonchev–Trinajstić information content (AvgIpc) is 3.07. The Morgan fingerprint density at radius 3 is 2.55 bits per heavy atom. The first kappa shape index (κ1) is 15.3. The second-order valence-corrected chi connectivity index (χ2v) is 7.37. The van der Waals surface area contributed by atoms with Crippen LogP contribution in [0.15, 0.2) is 30.3 Å². The van der Waals surface area contributed by atoms with Crippen LogP contribution < -0.4 is 10.6 Å². The van der Waals surface area contributed by atoms with Gasteiger partial charge in [-0.05, 0) is 42.7 Å². The molecule has 0 bridgehead atoms. The van der Waals surface area contributed by atoms with E-state index in [1.165, 1.54) is 6.42 Å². The van der Waals surface area contributed by atoms with Crippen molar-refractivity contribution in [3.05, 3.63) is 35.9 Å². The molecule has 4 nitrogen and oxygen atoms in total. The van der Waals surface area contributed by atoms with Gasteiger partial charge in [-0.2, -0.15) is 0 Å². The van der Waals surface area contributed by atoms with E-state index >= 15 is 0 Å². The number of amides is 1. The molecule has 1 unspecified atom stereocenters. The second-order valence-electron chi connectivity index (χ2n) is 7.37. The molecule has 22 heavy (non-hydrogen) atoms. The van der Waals surface area contributed by atoms with E-state index in [1.807, 2.05) is 30.3 Å². The predicted octanol–water partition coefficient (Wildman–Crippen LogP) is 3.08. The van der Waals surface area contributed by atoms with Gasteiger partial charge in [-0.1, -0.05) is 44.2 Å². The highest BCUT2D eigenvalue weighted by Crippen LogP contribution is 2.51. The fourth-order valence-corrected chi connectivity index (χ4v) is 3.07. The summed E-state index contributed by atoms with van der Waals surface area (Å²) < 4.78 is 5.23. The van der Waals surface area contributed by atoms with Crippen LogP contribution in [-0.4, -0.2) is 24.7 Å². The van der Waals surface area contributed by atoms with E-state index in [9.17, 15) is 4.79 Å². The molecule has 0 radical (unpaired) electrons. The van der Waals surface area contributed by atoms with Gasteiger partial charge in [0.05, 0.1) is 0 Å². The van der Waals surface area contributed by atoms with Crippen LogP contribution in [0.2, 0.25) is 0 Å². The van der Waals surface area contributed by atoms with Crippen LogP contribution in [-0.2, 0) is 11.3 Å². The number of carbonyl (C=O) groups excluding carboxylic acids is 1. The summed E-state index contributed by atoms with van der Waals surface area (Å²) in [5, 5.41) is 6.54. The first-order valence-electron chi connectivity index (χ1n) is 8.23. The zero-order chi connectivity index (χ0) is 15.6.